The third kappa shape index (κ3) is 5.85. The van der Waals surface area contributed by atoms with E-state index >= 15 is 0 Å². The van der Waals surface area contributed by atoms with E-state index in [1.807, 2.05) is 13.8 Å². The smallest absolute Gasteiger partial charge is 0.217 e. The van der Waals surface area contributed by atoms with Crippen LogP contribution in [-0.4, -0.2) is 18.0 Å². The van der Waals surface area contributed by atoms with Crippen molar-refractivity contribution in [2.24, 2.45) is 5.73 Å². The number of amides is 1. The van der Waals surface area contributed by atoms with Crippen LogP contribution >= 0.6 is 12.4 Å². The van der Waals surface area contributed by atoms with E-state index < -0.39 is 0 Å². The summed E-state index contributed by atoms with van der Waals surface area (Å²) >= 11 is 0. The van der Waals surface area contributed by atoms with Crippen molar-refractivity contribution in [3.05, 3.63) is 0 Å². The molecule has 3 nitrogen and oxygen atoms in total. The minimum absolute atomic E-state index is 0. The van der Waals surface area contributed by atoms with Crippen LogP contribution in [0.15, 0.2) is 0 Å². The first-order valence-corrected chi connectivity index (χ1v) is 2.97. The lowest BCUT2D eigenvalue weighted by atomic mass is 10.1. The third-order valence-electron chi connectivity index (χ3n) is 1.02. The first kappa shape index (κ1) is 12.4. The molecule has 0 radical (unpaired) electrons. The average Bonchev–Trinajstić information content (AvgIpc) is 1.63. The summed E-state index contributed by atoms with van der Waals surface area (Å²) in [5, 5.41) is 2.70. The third-order valence-corrected chi connectivity index (χ3v) is 1.02. The summed E-state index contributed by atoms with van der Waals surface area (Å²) in [6.45, 7) is 5.72. The number of halogens is 1. The van der Waals surface area contributed by atoms with Crippen molar-refractivity contribution in [3.8, 4) is 0 Å². The Labute approximate surface area is 67.8 Å². The summed E-state index contributed by atoms with van der Waals surface area (Å²) in [5.41, 5.74) is 5.08. The molecule has 0 aromatic heterocycles. The Morgan fingerprint density at radius 2 is 2.00 bits per heavy atom. The number of rotatable bonds is 2. The van der Waals surface area contributed by atoms with Gasteiger partial charge in [0.15, 0.2) is 0 Å². The molecule has 0 spiro atoms. The predicted molar refractivity (Wildman–Crippen MR) is 44.2 cm³/mol. The highest BCUT2D eigenvalue weighted by Crippen LogP contribution is 1.96. The van der Waals surface area contributed by atoms with Crippen LogP contribution in [0.1, 0.15) is 20.8 Å². The molecule has 0 aromatic carbocycles. The fraction of sp³-hybridized carbons (Fsp3) is 0.833. The molecule has 0 aliphatic heterocycles. The Kier molecular flexibility index (Phi) is 5.61. The van der Waals surface area contributed by atoms with Gasteiger partial charge in [-0.1, -0.05) is 0 Å². The first-order chi connectivity index (χ1) is 3.98. The van der Waals surface area contributed by atoms with Gasteiger partial charge in [-0.25, -0.2) is 0 Å². The van der Waals surface area contributed by atoms with Gasteiger partial charge in [-0.05, 0) is 13.8 Å². The Bertz CT molecular complexity index is 114. The zero-order valence-electron chi connectivity index (χ0n) is 6.60. The second kappa shape index (κ2) is 4.52. The van der Waals surface area contributed by atoms with Crippen molar-refractivity contribution in [1.82, 2.24) is 5.32 Å². The van der Waals surface area contributed by atoms with Crippen molar-refractivity contribution >= 4 is 18.3 Å². The van der Waals surface area contributed by atoms with E-state index in [1.54, 1.807) is 0 Å². The van der Waals surface area contributed by atoms with Crippen LogP contribution < -0.4 is 11.1 Å². The van der Waals surface area contributed by atoms with Crippen molar-refractivity contribution < 1.29 is 4.79 Å². The highest BCUT2D eigenvalue weighted by molar-refractivity contribution is 5.85. The number of hydrogen-bond donors (Lipinski definition) is 2. The van der Waals surface area contributed by atoms with E-state index in [-0.39, 0.29) is 23.9 Å². The summed E-state index contributed by atoms with van der Waals surface area (Å²) < 4.78 is 0. The molecular formula is C6H15ClN2O. The molecule has 0 bridgehead atoms. The largest absolute Gasteiger partial charge is 0.350 e. The maximum Gasteiger partial charge on any atom is 0.217 e. The fourth-order valence-corrected chi connectivity index (χ4v) is 0.528. The van der Waals surface area contributed by atoms with E-state index in [2.05, 4.69) is 5.32 Å². The number of nitrogens with one attached hydrogen (secondary N) is 1. The number of carbonyl (C=O) groups excluding carboxylic acids is 1. The second-order valence-electron chi connectivity index (χ2n) is 2.77. The van der Waals surface area contributed by atoms with Crippen molar-refractivity contribution in [3.63, 3.8) is 0 Å². The average molecular weight is 167 g/mol. The van der Waals surface area contributed by atoms with Gasteiger partial charge in [-0.3, -0.25) is 4.79 Å². The quantitative estimate of drug-likeness (QED) is 0.620. The van der Waals surface area contributed by atoms with E-state index in [0.29, 0.717) is 6.54 Å². The predicted octanol–water partition coefficient (Wildman–Crippen LogP) is 0.282. The minimum Gasteiger partial charge on any atom is -0.350 e. The van der Waals surface area contributed by atoms with Gasteiger partial charge in [0.1, 0.15) is 0 Å². The molecule has 0 heterocycles. The Balaban J connectivity index is 0. The molecule has 1 amide bonds. The minimum atomic E-state index is -0.258. The molecule has 0 saturated heterocycles. The molecular weight excluding hydrogens is 152 g/mol. The molecule has 0 rings (SSSR count). The molecule has 0 aliphatic rings. The number of carbonyl (C=O) groups is 1. The van der Waals surface area contributed by atoms with Crippen molar-refractivity contribution in [2.75, 3.05) is 6.54 Å². The topological polar surface area (TPSA) is 55.1 Å². The van der Waals surface area contributed by atoms with Crippen LogP contribution in [0.4, 0.5) is 0 Å². The highest BCUT2D eigenvalue weighted by Gasteiger charge is 2.14. The van der Waals surface area contributed by atoms with E-state index in [9.17, 15) is 4.79 Å². The summed E-state index contributed by atoms with van der Waals surface area (Å²) in [6.07, 6.45) is 0. The van der Waals surface area contributed by atoms with E-state index in [1.165, 1.54) is 6.92 Å². The molecule has 0 unspecified atom stereocenters. The molecule has 0 atom stereocenters. The summed E-state index contributed by atoms with van der Waals surface area (Å²) in [4.78, 5) is 10.5. The maximum absolute atomic E-state index is 10.5. The van der Waals surface area contributed by atoms with Crippen LogP contribution in [0.5, 0.6) is 0 Å². The van der Waals surface area contributed by atoms with Crippen LogP contribution in [0.25, 0.3) is 0 Å². The van der Waals surface area contributed by atoms with Crippen LogP contribution in [0, 0.1) is 0 Å². The van der Waals surface area contributed by atoms with Crippen molar-refractivity contribution in [1.29, 1.82) is 0 Å². The van der Waals surface area contributed by atoms with Crippen LogP contribution in [-0.2, 0) is 4.79 Å². The Hall–Kier alpha value is -0.280. The van der Waals surface area contributed by atoms with E-state index in [0.717, 1.165) is 0 Å². The van der Waals surface area contributed by atoms with Gasteiger partial charge in [0.05, 0.1) is 0 Å². The summed E-state index contributed by atoms with van der Waals surface area (Å²) in [7, 11) is 0. The monoisotopic (exact) mass is 166 g/mol. The van der Waals surface area contributed by atoms with Crippen LogP contribution in [0.3, 0.4) is 0 Å². The highest BCUT2D eigenvalue weighted by atomic mass is 35.5. The van der Waals surface area contributed by atoms with Crippen LogP contribution in [0.2, 0.25) is 0 Å². The SMILES string of the molecule is CC(=O)NC(C)(C)CN.Cl. The number of hydrogen-bond acceptors (Lipinski definition) is 2. The molecule has 62 valence electrons. The first-order valence-electron chi connectivity index (χ1n) is 2.97. The number of nitrogens with two attached hydrogens (primary N) is 1. The Morgan fingerprint density at radius 1 is 1.60 bits per heavy atom. The van der Waals surface area contributed by atoms with Gasteiger partial charge in [-0.15, -0.1) is 12.4 Å². The second-order valence-corrected chi connectivity index (χ2v) is 2.77. The standard InChI is InChI=1S/C6H14N2O.ClH/c1-5(9)8-6(2,3)4-7;/h4,7H2,1-3H3,(H,8,9);1H. The molecule has 0 aromatic rings. The fourth-order valence-electron chi connectivity index (χ4n) is 0.528. The van der Waals surface area contributed by atoms with E-state index in [4.69, 9.17) is 5.73 Å². The van der Waals surface area contributed by atoms with Gasteiger partial charge in [-0.2, -0.15) is 0 Å². The summed E-state index contributed by atoms with van der Waals surface area (Å²) in [5.74, 6) is -0.0366. The summed E-state index contributed by atoms with van der Waals surface area (Å²) in [6, 6.07) is 0. The van der Waals surface area contributed by atoms with Gasteiger partial charge in [0, 0.05) is 19.0 Å². The lowest BCUT2D eigenvalue weighted by molar-refractivity contribution is -0.120. The molecule has 0 aliphatic carbocycles. The zero-order chi connectivity index (χ0) is 7.49. The molecule has 10 heavy (non-hydrogen) atoms. The maximum atomic E-state index is 10.5. The zero-order valence-corrected chi connectivity index (χ0v) is 7.42. The van der Waals surface area contributed by atoms with Gasteiger partial charge < -0.3 is 11.1 Å². The normalized spacial score (nSPS) is 10.0. The lowest BCUT2D eigenvalue weighted by Gasteiger charge is -2.22. The molecule has 0 saturated carbocycles. The van der Waals surface area contributed by atoms with Crippen molar-refractivity contribution in [2.45, 2.75) is 26.3 Å². The lowest BCUT2D eigenvalue weighted by Crippen LogP contribution is -2.47. The van der Waals surface area contributed by atoms with Gasteiger partial charge in [0.25, 0.3) is 0 Å². The van der Waals surface area contributed by atoms with Gasteiger partial charge >= 0.3 is 0 Å². The Morgan fingerprint density at radius 3 is 2.10 bits per heavy atom. The molecule has 4 heteroatoms. The molecule has 3 N–H and O–H groups in total. The van der Waals surface area contributed by atoms with Gasteiger partial charge in [0.2, 0.25) is 5.91 Å². The molecule has 0 fully saturated rings.